The third-order valence-electron chi connectivity index (χ3n) is 4.61. The molecular weight excluding hydrogens is 417 g/mol. The maximum absolute atomic E-state index is 12.3. The number of nitrogens with one attached hydrogen (secondary N) is 2. The molecule has 166 valence electrons. The molecule has 1 fully saturated rings. The number of halogens is 3. The van der Waals surface area contributed by atoms with Crippen molar-refractivity contribution in [1.82, 2.24) is 15.0 Å². The lowest BCUT2D eigenvalue weighted by atomic mass is 9.83. The maximum atomic E-state index is 12.3. The van der Waals surface area contributed by atoms with Crippen LogP contribution >= 0.6 is 0 Å². The molecule has 2 aromatic rings. The summed E-state index contributed by atoms with van der Waals surface area (Å²) < 4.78 is 31.7. The van der Waals surface area contributed by atoms with Crippen molar-refractivity contribution >= 4 is 23.4 Å². The van der Waals surface area contributed by atoms with Gasteiger partial charge in [0.2, 0.25) is 0 Å². The summed E-state index contributed by atoms with van der Waals surface area (Å²) in [6, 6.07) is 5.53. The molecule has 0 spiro atoms. The van der Waals surface area contributed by atoms with Crippen LogP contribution in [0, 0.1) is 16.7 Å². The Bertz CT molecular complexity index is 971. The molecule has 0 atom stereocenters. The molecule has 1 saturated heterocycles. The Morgan fingerprint density at radius 1 is 1.29 bits per heavy atom. The number of carboxylic acid groups (broad SMARTS) is 1. The zero-order valence-corrected chi connectivity index (χ0v) is 16.8. The van der Waals surface area contributed by atoms with Crippen LogP contribution in [0.5, 0.6) is 0 Å². The Kier molecular flexibility index (Phi) is 7.22. The van der Waals surface area contributed by atoms with Gasteiger partial charge >= 0.3 is 12.1 Å². The number of imidazole rings is 1. The van der Waals surface area contributed by atoms with Crippen LogP contribution in [0.25, 0.3) is 0 Å². The van der Waals surface area contributed by atoms with Crippen LogP contribution in [0.4, 0.5) is 24.7 Å². The van der Waals surface area contributed by atoms with Gasteiger partial charge in [-0.05, 0) is 30.4 Å². The zero-order valence-electron chi connectivity index (χ0n) is 16.8. The number of hydrogen-bond acceptors (Lipinski definition) is 6. The molecule has 9 nitrogen and oxygen atoms in total. The van der Waals surface area contributed by atoms with Crippen molar-refractivity contribution < 1.29 is 27.9 Å². The van der Waals surface area contributed by atoms with Crippen molar-refractivity contribution in [2.45, 2.75) is 32.9 Å². The first kappa shape index (κ1) is 23.7. The summed E-state index contributed by atoms with van der Waals surface area (Å²) in [6.07, 6.45) is 0.151. The first-order chi connectivity index (χ1) is 14.4. The molecule has 12 heteroatoms. The Morgan fingerprint density at radius 2 is 1.90 bits per heavy atom. The van der Waals surface area contributed by atoms with Crippen molar-refractivity contribution in [3.05, 3.63) is 36.0 Å². The summed E-state index contributed by atoms with van der Waals surface area (Å²) >= 11 is 0. The monoisotopic (exact) mass is 438 g/mol. The van der Waals surface area contributed by atoms with Gasteiger partial charge in [0.15, 0.2) is 11.6 Å². The summed E-state index contributed by atoms with van der Waals surface area (Å²) in [7, 11) is 0. The lowest BCUT2D eigenvalue weighted by Gasteiger charge is -2.38. The number of hydrogen-bond donors (Lipinski definition) is 3. The predicted octanol–water partition coefficient (Wildman–Crippen LogP) is 3.19. The lowest BCUT2D eigenvalue weighted by Crippen LogP contribution is -2.38. The Balaban J connectivity index is 0.000000423. The number of piperidine rings is 1. The average Bonchev–Trinajstić information content (AvgIpc) is 3.18. The van der Waals surface area contributed by atoms with Crippen LogP contribution in [-0.4, -0.2) is 51.2 Å². The highest BCUT2D eigenvalue weighted by atomic mass is 19.4. The number of rotatable bonds is 3. The highest BCUT2D eigenvalue weighted by molar-refractivity contribution is 6.03. The molecule has 1 amide bonds. The number of nitriles is 1. The third kappa shape index (κ3) is 6.70. The molecule has 0 unspecified atom stereocenters. The third-order valence-corrected chi connectivity index (χ3v) is 4.61. The van der Waals surface area contributed by atoms with Crippen LogP contribution in [0.2, 0.25) is 0 Å². The van der Waals surface area contributed by atoms with E-state index in [2.05, 4.69) is 39.0 Å². The van der Waals surface area contributed by atoms with E-state index >= 15 is 0 Å². The van der Waals surface area contributed by atoms with E-state index in [-0.39, 0.29) is 17.4 Å². The molecular formula is C19H21F3N6O3. The van der Waals surface area contributed by atoms with Gasteiger partial charge < -0.3 is 20.3 Å². The van der Waals surface area contributed by atoms with Crippen molar-refractivity contribution in [2.24, 2.45) is 5.41 Å². The van der Waals surface area contributed by atoms with E-state index in [4.69, 9.17) is 15.2 Å². The van der Waals surface area contributed by atoms with E-state index in [0.717, 1.165) is 31.7 Å². The molecule has 0 aromatic carbocycles. The molecule has 3 rings (SSSR count). The number of carbonyl (C=O) groups excluding carboxylic acids is 1. The molecule has 0 saturated carbocycles. The van der Waals surface area contributed by atoms with E-state index in [1.807, 2.05) is 12.1 Å². The number of pyridine rings is 1. The van der Waals surface area contributed by atoms with Crippen molar-refractivity contribution in [3.8, 4) is 6.07 Å². The number of anilines is 2. The van der Waals surface area contributed by atoms with Crippen LogP contribution in [-0.2, 0) is 4.79 Å². The van der Waals surface area contributed by atoms with Crippen LogP contribution in [0.15, 0.2) is 24.5 Å². The van der Waals surface area contributed by atoms with Gasteiger partial charge in [-0.2, -0.15) is 18.4 Å². The van der Waals surface area contributed by atoms with E-state index in [1.54, 1.807) is 12.3 Å². The maximum Gasteiger partial charge on any atom is 0.490 e. The standard InChI is InChI=1S/C17H20N6O.C2HF3O2/c1-17(2)5-8-23(9-6-17)15-13(4-3-7-19-15)22-16(24)14-20-11-12(10-18)21-14;3-2(4,5)1(6)7/h3-4,7,11H,5-6,8-9H2,1-2H3,(H,20,21)(H,22,24);(H,6,7). The number of carbonyl (C=O) groups is 2. The fourth-order valence-electron chi connectivity index (χ4n) is 2.75. The Morgan fingerprint density at radius 3 is 2.42 bits per heavy atom. The Labute approximate surface area is 175 Å². The van der Waals surface area contributed by atoms with E-state index in [0.29, 0.717) is 11.1 Å². The smallest absolute Gasteiger partial charge is 0.475 e. The van der Waals surface area contributed by atoms with Crippen LogP contribution in [0.3, 0.4) is 0 Å². The van der Waals surface area contributed by atoms with Crippen molar-refractivity contribution in [1.29, 1.82) is 5.26 Å². The SMILES string of the molecule is CC1(C)CCN(c2ncccc2NC(=O)c2ncc(C#N)[nH]2)CC1.O=C(O)C(F)(F)F. The second-order valence-electron chi connectivity index (χ2n) is 7.54. The predicted molar refractivity (Wildman–Crippen MR) is 104 cm³/mol. The molecule has 31 heavy (non-hydrogen) atoms. The molecule has 1 aliphatic rings. The molecule has 1 aliphatic heterocycles. The van der Waals surface area contributed by atoms with Gasteiger partial charge in [0.25, 0.3) is 5.91 Å². The van der Waals surface area contributed by atoms with Crippen molar-refractivity contribution in [3.63, 3.8) is 0 Å². The number of aliphatic carboxylic acids is 1. The molecule has 0 radical (unpaired) electrons. The van der Waals surface area contributed by atoms with Gasteiger partial charge in [-0.1, -0.05) is 13.8 Å². The number of nitrogens with zero attached hydrogens (tertiary/aromatic N) is 4. The zero-order chi connectivity index (χ0) is 23.2. The quantitative estimate of drug-likeness (QED) is 0.670. The second kappa shape index (κ2) is 9.46. The van der Waals surface area contributed by atoms with Crippen LogP contribution < -0.4 is 10.2 Å². The molecule has 0 bridgehead atoms. The van der Waals surface area contributed by atoms with Crippen LogP contribution in [0.1, 0.15) is 43.0 Å². The highest BCUT2D eigenvalue weighted by Gasteiger charge is 2.38. The number of alkyl halides is 3. The fourth-order valence-corrected chi connectivity index (χ4v) is 2.75. The minimum Gasteiger partial charge on any atom is -0.475 e. The minimum atomic E-state index is -5.08. The van der Waals surface area contributed by atoms with Gasteiger partial charge in [-0.3, -0.25) is 4.79 Å². The van der Waals surface area contributed by atoms with Gasteiger partial charge in [-0.15, -0.1) is 0 Å². The highest BCUT2D eigenvalue weighted by Crippen LogP contribution is 2.33. The summed E-state index contributed by atoms with van der Waals surface area (Å²) in [5.74, 6) is -2.26. The normalized spacial score (nSPS) is 15.3. The minimum absolute atomic E-state index is 0.112. The van der Waals surface area contributed by atoms with Gasteiger partial charge in [-0.25, -0.2) is 14.8 Å². The van der Waals surface area contributed by atoms with Gasteiger partial charge in [0.1, 0.15) is 11.8 Å². The molecule has 3 heterocycles. The summed E-state index contributed by atoms with van der Waals surface area (Å²) in [4.78, 5) is 34.5. The lowest BCUT2D eigenvalue weighted by molar-refractivity contribution is -0.192. The summed E-state index contributed by atoms with van der Waals surface area (Å²) in [6.45, 7) is 6.36. The molecule has 0 aliphatic carbocycles. The number of H-pyrrole nitrogens is 1. The number of carboxylic acids is 1. The average molecular weight is 438 g/mol. The molecule has 2 aromatic heterocycles. The Hall–Kier alpha value is -3.62. The summed E-state index contributed by atoms with van der Waals surface area (Å²) in [5, 5.41) is 18.8. The van der Waals surface area contributed by atoms with Gasteiger partial charge in [0.05, 0.1) is 11.9 Å². The van der Waals surface area contributed by atoms with E-state index < -0.39 is 12.1 Å². The largest absolute Gasteiger partial charge is 0.490 e. The number of aromatic nitrogens is 3. The van der Waals surface area contributed by atoms with Gasteiger partial charge in [0, 0.05) is 19.3 Å². The topological polar surface area (TPSA) is 135 Å². The number of aromatic amines is 1. The summed E-state index contributed by atoms with van der Waals surface area (Å²) in [5.41, 5.74) is 1.25. The number of amides is 1. The van der Waals surface area contributed by atoms with E-state index in [9.17, 15) is 18.0 Å². The first-order valence-electron chi connectivity index (χ1n) is 9.19. The molecule has 3 N–H and O–H groups in total. The first-order valence-corrected chi connectivity index (χ1v) is 9.19. The fraction of sp³-hybridized carbons (Fsp3) is 0.421. The van der Waals surface area contributed by atoms with Crippen molar-refractivity contribution in [2.75, 3.05) is 23.3 Å². The second-order valence-corrected chi connectivity index (χ2v) is 7.54. The van der Waals surface area contributed by atoms with E-state index in [1.165, 1.54) is 6.20 Å².